The average molecular weight is 196 g/mol. The number of aliphatic carboxylic acids is 2. The van der Waals surface area contributed by atoms with E-state index in [0.29, 0.717) is 12.8 Å². The van der Waals surface area contributed by atoms with Crippen molar-refractivity contribution in [3.63, 3.8) is 0 Å². The molecule has 1 aliphatic carbocycles. The molecule has 1 atom stereocenters. The zero-order chi connectivity index (χ0) is 10.7. The first-order valence-electron chi connectivity index (χ1n) is 4.37. The number of allylic oxidation sites excluding steroid dienone is 3. The van der Waals surface area contributed by atoms with Crippen molar-refractivity contribution in [2.45, 2.75) is 19.8 Å². The number of carboxylic acids is 2. The molecule has 0 saturated carbocycles. The molecule has 0 heterocycles. The summed E-state index contributed by atoms with van der Waals surface area (Å²) in [6.45, 7) is 1.77. The van der Waals surface area contributed by atoms with Crippen LogP contribution in [-0.4, -0.2) is 22.2 Å². The molecule has 0 spiro atoms. The van der Waals surface area contributed by atoms with Gasteiger partial charge in [0.15, 0.2) is 0 Å². The van der Waals surface area contributed by atoms with Gasteiger partial charge in [-0.25, -0.2) is 4.79 Å². The Hall–Kier alpha value is -1.58. The molecule has 14 heavy (non-hydrogen) atoms. The smallest absolute Gasteiger partial charge is 0.332 e. The van der Waals surface area contributed by atoms with Crippen molar-refractivity contribution in [3.8, 4) is 0 Å². The van der Waals surface area contributed by atoms with E-state index in [1.54, 1.807) is 6.92 Å². The van der Waals surface area contributed by atoms with Gasteiger partial charge in [-0.15, -0.1) is 0 Å². The van der Waals surface area contributed by atoms with E-state index >= 15 is 0 Å². The lowest BCUT2D eigenvalue weighted by Crippen LogP contribution is -2.20. The van der Waals surface area contributed by atoms with E-state index in [9.17, 15) is 9.59 Å². The van der Waals surface area contributed by atoms with Gasteiger partial charge in [-0.05, 0) is 25.8 Å². The average Bonchev–Trinajstić information content (AvgIpc) is 2.26. The predicted molar refractivity (Wildman–Crippen MR) is 49.8 cm³/mol. The molecule has 0 fully saturated rings. The maximum absolute atomic E-state index is 10.8. The second-order valence-corrected chi connectivity index (χ2v) is 3.32. The Morgan fingerprint density at radius 1 is 1.43 bits per heavy atom. The van der Waals surface area contributed by atoms with Crippen molar-refractivity contribution in [2.75, 3.05) is 0 Å². The zero-order valence-electron chi connectivity index (χ0n) is 7.86. The van der Waals surface area contributed by atoms with Gasteiger partial charge in [-0.1, -0.05) is 11.6 Å². The van der Waals surface area contributed by atoms with E-state index in [1.165, 1.54) is 6.08 Å². The lowest BCUT2D eigenvalue weighted by atomic mass is 9.95. The summed E-state index contributed by atoms with van der Waals surface area (Å²) in [5.41, 5.74) is 0.787. The van der Waals surface area contributed by atoms with E-state index in [1.807, 2.05) is 6.08 Å². The van der Waals surface area contributed by atoms with Crippen LogP contribution >= 0.6 is 0 Å². The lowest BCUT2D eigenvalue weighted by Gasteiger charge is -2.09. The molecule has 0 aromatic heterocycles. The molecule has 0 radical (unpaired) electrons. The summed E-state index contributed by atoms with van der Waals surface area (Å²) >= 11 is 0. The van der Waals surface area contributed by atoms with Gasteiger partial charge < -0.3 is 10.2 Å². The number of hydrogen-bond acceptors (Lipinski definition) is 2. The molecule has 0 saturated heterocycles. The number of rotatable bonds is 2. The van der Waals surface area contributed by atoms with Crippen molar-refractivity contribution in [3.05, 3.63) is 23.3 Å². The van der Waals surface area contributed by atoms with Crippen LogP contribution < -0.4 is 0 Å². The van der Waals surface area contributed by atoms with Gasteiger partial charge in [-0.2, -0.15) is 0 Å². The fourth-order valence-corrected chi connectivity index (χ4v) is 1.51. The van der Waals surface area contributed by atoms with Gasteiger partial charge in [0.05, 0.1) is 11.5 Å². The van der Waals surface area contributed by atoms with Crippen LogP contribution in [0.15, 0.2) is 23.3 Å². The third-order valence-electron chi connectivity index (χ3n) is 2.23. The largest absolute Gasteiger partial charge is 0.481 e. The summed E-state index contributed by atoms with van der Waals surface area (Å²) in [5, 5.41) is 17.7. The van der Waals surface area contributed by atoms with Crippen LogP contribution in [0.2, 0.25) is 0 Å². The van der Waals surface area contributed by atoms with E-state index in [-0.39, 0.29) is 5.57 Å². The van der Waals surface area contributed by atoms with Gasteiger partial charge in [0.25, 0.3) is 0 Å². The first kappa shape index (κ1) is 10.5. The minimum atomic E-state index is -1.15. The number of hydrogen-bond donors (Lipinski definition) is 2. The minimum Gasteiger partial charge on any atom is -0.481 e. The van der Waals surface area contributed by atoms with E-state index < -0.39 is 17.9 Å². The van der Waals surface area contributed by atoms with Crippen molar-refractivity contribution >= 4 is 11.9 Å². The molecule has 1 aliphatic rings. The molecule has 0 aromatic carbocycles. The van der Waals surface area contributed by atoms with Crippen molar-refractivity contribution < 1.29 is 19.8 Å². The Morgan fingerprint density at radius 2 is 2.07 bits per heavy atom. The Balaban J connectivity index is 3.04. The summed E-state index contributed by atoms with van der Waals surface area (Å²) in [5.74, 6) is -3.10. The Morgan fingerprint density at radius 3 is 2.57 bits per heavy atom. The van der Waals surface area contributed by atoms with Crippen LogP contribution in [-0.2, 0) is 9.59 Å². The molecular weight excluding hydrogens is 184 g/mol. The number of carbonyl (C=O) groups is 2. The molecule has 4 heteroatoms. The molecule has 1 unspecified atom stereocenters. The van der Waals surface area contributed by atoms with E-state index in [2.05, 4.69) is 0 Å². The van der Waals surface area contributed by atoms with Crippen LogP contribution in [0.4, 0.5) is 0 Å². The second-order valence-electron chi connectivity index (χ2n) is 3.32. The third kappa shape index (κ3) is 2.22. The van der Waals surface area contributed by atoms with Crippen LogP contribution in [0.5, 0.6) is 0 Å². The van der Waals surface area contributed by atoms with Crippen LogP contribution in [0, 0.1) is 5.92 Å². The van der Waals surface area contributed by atoms with Crippen LogP contribution in [0.1, 0.15) is 19.8 Å². The summed E-state index contributed by atoms with van der Waals surface area (Å²) in [4.78, 5) is 21.6. The van der Waals surface area contributed by atoms with Crippen molar-refractivity contribution in [1.29, 1.82) is 0 Å². The molecule has 1 rings (SSSR count). The van der Waals surface area contributed by atoms with Crippen molar-refractivity contribution in [2.24, 2.45) is 5.92 Å². The maximum Gasteiger partial charge on any atom is 0.332 e. The van der Waals surface area contributed by atoms with E-state index in [4.69, 9.17) is 10.2 Å². The fraction of sp³-hybridized carbons (Fsp3) is 0.400. The molecule has 0 bridgehead atoms. The maximum atomic E-state index is 10.8. The first-order chi connectivity index (χ1) is 6.52. The molecule has 0 aromatic rings. The number of carboxylic acid groups (broad SMARTS) is 2. The van der Waals surface area contributed by atoms with Gasteiger partial charge in [0.2, 0.25) is 0 Å². The second kappa shape index (κ2) is 4.09. The molecule has 76 valence electrons. The summed E-state index contributed by atoms with van der Waals surface area (Å²) < 4.78 is 0. The quantitative estimate of drug-likeness (QED) is 0.700. The zero-order valence-corrected chi connectivity index (χ0v) is 7.86. The summed E-state index contributed by atoms with van der Waals surface area (Å²) in [7, 11) is 0. The Bertz CT molecular complexity index is 325. The standard InChI is InChI=1S/C10H12O4/c1-6-3-2-4-7(9(11)12)8(5-6)10(13)14/h3,5,7H,2,4H2,1H3,(H,11,12)(H,13,14). The molecular formula is C10H12O4. The van der Waals surface area contributed by atoms with Gasteiger partial charge in [-0.3, -0.25) is 4.79 Å². The van der Waals surface area contributed by atoms with Gasteiger partial charge in [0.1, 0.15) is 0 Å². The first-order valence-corrected chi connectivity index (χ1v) is 4.37. The Kier molecular flexibility index (Phi) is 3.06. The third-order valence-corrected chi connectivity index (χ3v) is 2.23. The van der Waals surface area contributed by atoms with Crippen molar-refractivity contribution in [1.82, 2.24) is 0 Å². The monoisotopic (exact) mass is 196 g/mol. The Labute approximate surface area is 81.6 Å². The molecule has 0 amide bonds. The highest BCUT2D eigenvalue weighted by molar-refractivity contribution is 5.94. The van der Waals surface area contributed by atoms with Gasteiger partial charge in [0, 0.05) is 0 Å². The molecule has 0 aliphatic heterocycles. The topological polar surface area (TPSA) is 74.6 Å². The van der Waals surface area contributed by atoms with Crippen LogP contribution in [0.25, 0.3) is 0 Å². The van der Waals surface area contributed by atoms with Gasteiger partial charge >= 0.3 is 11.9 Å². The normalized spacial score (nSPS) is 21.9. The predicted octanol–water partition coefficient (Wildman–Crippen LogP) is 1.44. The highest BCUT2D eigenvalue weighted by Crippen LogP contribution is 2.23. The fourth-order valence-electron chi connectivity index (χ4n) is 1.51. The summed E-state index contributed by atoms with van der Waals surface area (Å²) in [6.07, 6.45) is 4.25. The highest BCUT2D eigenvalue weighted by Gasteiger charge is 2.27. The van der Waals surface area contributed by atoms with Crippen LogP contribution in [0.3, 0.4) is 0 Å². The minimum absolute atomic E-state index is 0.0243. The SMILES string of the molecule is CC1=CCCC(C(=O)O)C(C(=O)O)=C1. The highest BCUT2D eigenvalue weighted by atomic mass is 16.4. The summed E-state index contributed by atoms with van der Waals surface area (Å²) in [6, 6.07) is 0. The van der Waals surface area contributed by atoms with E-state index in [0.717, 1.165) is 5.57 Å². The molecule has 4 nitrogen and oxygen atoms in total. The molecule has 2 N–H and O–H groups in total. The lowest BCUT2D eigenvalue weighted by molar-refractivity contribution is -0.143.